The molecule has 0 spiro atoms. The number of hydrogen-bond acceptors (Lipinski definition) is 6. The number of para-hydroxylation sites is 1. The minimum absolute atomic E-state index is 0.101. The summed E-state index contributed by atoms with van der Waals surface area (Å²) >= 11 is 6.82. The molecule has 2 aliphatic heterocycles. The Labute approximate surface area is 158 Å². The molecule has 5 rings (SSSR count). The zero-order valence-electron chi connectivity index (χ0n) is 13.4. The van der Waals surface area contributed by atoms with Crippen LogP contribution >= 0.6 is 23.6 Å². The van der Waals surface area contributed by atoms with Crippen molar-refractivity contribution in [3.63, 3.8) is 0 Å². The molecule has 2 aliphatic rings. The third-order valence-corrected chi connectivity index (χ3v) is 5.58. The van der Waals surface area contributed by atoms with Crippen molar-refractivity contribution in [3.05, 3.63) is 56.9 Å². The van der Waals surface area contributed by atoms with E-state index in [0.29, 0.717) is 20.3 Å². The van der Waals surface area contributed by atoms with Crippen LogP contribution < -0.4 is 9.47 Å². The molecule has 128 valence electrons. The fourth-order valence-electron chi connectivity index (χ4n) is 3.02. The van der Waals surface area contributed by atoms with Crippen molar-refractivity contribution in [3.8, 4) is 23.1 Å². The lowest BCUT2D eigenvalue weighted by atomic mass is 10.1. The highest BCUT2D eigenvalue weighted by Gasteiger charge is 2.19. The molecule has 7 heteroatoms. The first-order chi connectivity index (χ1) is 12.7. The number of aliphatic imine (C=N–C) groups is 1. The number of ether oxygens (including phenoxy) is 2. The van der Waals surface area contributed by atoms with Crippen LogP contribution in [0.2, 0.25) is 0 Å². The second kappa shape index (κ2) is 5.82. The smallest absolute Gasteiger partial charge is 0.231 e. The van der Waals surface area contributed by atoms with Crippen LogP contribution in [-0.4, -0.2) is 22.7 Å². The van der Waals surface area contributed by atoms with E-state index < -0.39 is 0 Å². The van der Waals surface area contributed by atoms with Crippen LogP contribution in [0, 0.1) is 3.95 Å². The SMILES string of the molecule is Oc1c(C=C2C=Nc3ccccc32)sc(=S)n1-c1ccc2c(c1)OCO2. The van der Waals surface area contributed by atoms with E-state index in [0.717, 1.165) is 22.5 Å². The largest absolute Gasteiger partial charge is 0.493 e. The monoisotopic (exact) mass is 380 g/mol. The first-order valence-corrected chi connectivity index (χ1v) is 9.13. The van der Waals surface area contributed by atoms with E-state index in [2.05, 4.69) is 4.99 Å². The minimum Gasteiger partial charge on any atom is -0.493 e. The Morgan fingerprint density at radius 2 is 2.00 bits per heavy atom. The summed E-state index contributed by atoms with van der Waals surface area (Å²) in [7, 11) is 0. The molecule has 0 unspecified atom stereocenters. The molecule has 1 N–H and O–H groups in total. The molecule has 0 radical (unpaired) electrons. The molecule has 3 heterocycles. The number of nitrogens with zero attached hydrogens (tertiary/aromatic N) is 2. The van der Waals surface area contributed by atoms with E-state index in [1.54, 1.807) is 10.8 Å². The van der Waals surface area contributed by atoms with Gasteiger partial charge in [0.05, 0.1) is 16.3 Å². The van der Waals surface area contributed by atoms with E-state index >= 15 is 0 Å². The molecule has 0 aliphatic carbocycles. The van der Waals surface area contributed by atoms with Crippen LogP contribution in [0.15, 0.2) is 47.5 Å². The Kier molecular flexibility index (Phi) is 3.44. The summed E-state index contributed by atoms with van der Waals surface area (Å²) in [6.07, 6.45) is 3.71. The van der Waals surface area contributed by atoms with Crippen LogP contribution in [0.5, 0.6) is 17.4 Å². The Morgan fingerprint density at radius 1 is 1.15 bits per heavy atom. The summed E-state index contributed by atoms with van der Waals surface area (Å²) in [5, 5.41) is 10.8. The second-order valence-electron chi connectivity index (χ2n) is 5.80. The standard InChI is InChI=1S/C19H12N2O3S2/c22-18-17(7-11-9-20-14-4-2-1-3-13(11)14)26-19(25)21(18)12-5-6-15-16(8-12)24-10-23-15/h1-9,22H,10H2. The lowest BCUT2D eigenvalue weighted by molar-refractivity contribution is 0.174. The quantitative estimate of drug-likeness (QED) is 0.639. The number of fused-ring (bicyclic) bond motifs is 2. The molecule has 0 fully saturated rings. The van der Waals surface area contributed by atoms with Crippen molar-refractivity contribution in [2.45, 2.75) is 0 Å². The third kappa shape index (κ3) is 2.36. The Morgan fingerprint density at radius 3 is 2.92 bits per heavy atom. The van der Waals surface area contributed by atoms with E-state index in [4.69, 9.17) is 21.7 Å². The van der Waals surface area contributed by atoms with Gasteiger partial charge in [-0.3, -0.25) is 9.56 Å². The highest BCUT2D eigenvalue weighted by molar-refractivity contribution is 7.73. The summed E-state index contributed by atoms with van der Waals surface area (Å²) in [5.41, 5.74) is 3.65. The molecule has 5 nitrogen and oxygen atoms in total. The molecule has 1 aromatic heterocycles. The summed E-state index contributed by atoms with van der Waals surface area (Å²) in [4.78, 5) is 5.09. The molecule has 3 aromatic rings. The van der Waals surface area contributed by atoms with Gasteiger partial charge in [-0.2, -0.15) is 0 Å². The zero-order chi connectivity index (χ0) is 17.7. The van der Waals surface area contributed by atoms with Gasteiger partial charge in [0.15, 0.2) is 15.5 Å². The normalized spacial score (nSPS) is 15.6. The van der Waals surface area contributed by atoms with Crippen molar-refractivity contribution in [2.75, 3.05) is 6.79 Å². The summed E-state index contributed by atoms with van der Waals surface area (Å²) in [6, 6.07) is 13.4. The zero-order valence-corrected chi connectivity index (χ0v) is 15.0. The second-order valence-corrected chi connectivity index (χ2v) is 7.48. The molecule has 0 saturated carbocycles. The fraction of sp³-hybridized carbons (Fsp3) is 0.0526. The topological polar surface area (TPSA) is 56.0 Å². The molecule has 0 amide bonds. The highest BCUT2D eigenvalue weighted by Crippen LogP contribution is 2.39. The predicted octanol–water partition coefficient (Wildman–Crippen LogP) is 4.96. The lowest BCUT2D eigenvalue weighted by Crippen LogP contribution is -1.94. The van der Waals surface area contributed by atoms with E-state index in [9.17, 15) is 5.11 Å². The first kappa shape index (κ1) is 15.4. The average Bonchev–Trinajstić information content (AvgIpc) is 3.34. The van der Waals surface area contributed by atoms with Gasteiger partial charge in [-0.25, -0.2) is 0 Å². The first-order valence-electron chi connectivity index (χ1n) is 7.91. The molecule has 0 atom stereocenters. The lowest BCUT2D eigenvalue weighted by Gasteiger charge is -2.06. The van der Waals surface area contributed by atoms with Gasteiger partial charge in [0.1, 0.15) is 0 Å². The van der Waals surface area contributed by atoms with Crippen LogP contribution in [-0.2, 0) is 0 Å². The molecule has 26 heavy (non-hydrogen) atoms. The van der Waals surface area contributed by atoms with Gasteiger partial charge in [0.2, 0.25) is 12.7 Å². The number of thiazole rings is 1. The van der Waals surface area contributed by atoms with Gasteiger partial charge < -0.3 is 14.6 Å². The van der Waals surface area contributed by atoms with Crippen LogP contribution in [0.4, 0.5) is 5.69 Å². The van der Waals surface area contributed by atoms with E-state index in [1.165, 1.54) is 11.3 Å². The number of allylic oxidation sites excluding steroid dienone is 1. The van der Waals surface area contributed by atoms with Crippen molar-refractivity contribution in [2.24, 2.45) is 4.99 Å². The average molecular weight is 380 g/mol. The van der Waals surface area contributed by atoms with E-state index in [-0.39, 0.29) is 12.7 Å². The Bertz CT molecular complexity index is 1160. The van der Waals surface area contributed by atoms with Gasteiger partial charge in [-0.05, 0) is 36.5 Å². The van der Waals surface area contributed by atoms with Gasteiger partial charge in [0.25, 0.3) is 0 Å². The maximum absolute atomic E-state index is 10.8. The summed E-state index contributed by atoms with van der Waals surface area (Å²) in [6.45, 7) is 0.204. The number of benzene rings is 2. The van der Waals surface area contributed by atoms with Crippen molar-refractivity contribution in [1.29, 1.82) is 0 Å². The molecular formula is C19H12N2O3S2. The van der Waals surface area contributed by atoms with Crippen LogP contribution in [0.1, 0.15) is 10.4 Å². The maximum Gasteiger partial charge on any atom is 0.231 e. The van der Waals surface area contributed by atoms with Gasteiger partial charge in [-0.1, -0.05) is 18.2 Å². The fourth-order valence-corrected chi connectivity index (χ4v) is 4.32. The van der Waals surface area contributed by atoms with Crippen LogP contribution in [0.25, 0.3) is 17.3 Å². The van der Waals surface area contributed by atoms with Gasteiger partial charge >= 0.3 is 0 Å². The number of aromatic hydroxyl groups is 1. The molecule has 0 saturated heterocycles. The van der Waals surface area contributed by atoms with Gasteiger partial charge in [0, 0.05) is 23.4 Å². The highest BCUT2D eigenvalue weighted by atomic mass is 32.1. The third-order valence-electron chi connectivity index (χ3n) is 4.27. The number of aromatic nitrogens is 1. The van der Waals surface area contributed by atoms with Crippen molar-refractivity contribution < 1.29 is 14.6 Å². The van der Waals surface area contributed by atoms with Crippen molar-refractivity contribution >= 4 is 47.1 Å². The van der Waals surface area contributed by atoms with Gasteiger partial charge in [-0.15, -0.1) is 11.3 Å². The minimum atomic E-state index is 0.101. The summed E-state index contributed by atoms with van der Waals surface area (Å²) < 4.78 is 12.9. The predicted molar refractivity (Wildman–Crippen MR) is 105 cm³/mol. The van der Waals surface area contributed by atoms with Crippen LogP contribution in [0.3, 0.4) is 0 Å². The van der Waals surface area contributed by atoms with Crippen molar-refractivity contribution in [1.82, 2.24) is 4.57 Å². The maximum atomic E-state index is 10.8. The molecule has 0 bridgehead atoms. The molecular weight excluding hydrogens is 368 g/mol. The Hall–Kier alpha value is -2.90. The molecule has 2 aromatic carbocycles. The van der Waals surface area contributed by atoms with E-state index in [1.807, 2.05) is 48.5 Å². The summed E-state index contributed by atoms with van der Waals surface area (Å²) in [5.74, 6) is 1.44. The Balaban J connectivity index is 1.60. The number of rotatable bonds is 2. The number of hydrogen-bond donors (Lipinski definition) is 1.